The van der Waals surface area contributed by atoms with Gasteiger partial charge in [-0.15, -0.1) is 0 Å². The van der Waals surface area contributed by atoms with Gasteiger partial charge in [0.15, 0.2) is 0 Å². The van der Waals surface area contributed by atoms with Gasteiger partial charge in [0, 0.05) is 6.54 Å². The maximum absolute atomic E-state index is 13.4. The first kappa shape index (κ1) is 14.4. The zero-order valence-electron chi connectivity index (χ0n) is 9.38. The van der Waals surface area contributed by atoms with E-state index in [1.807, 2.05) is 0 Å². The van der Waals surface area contributed by atoms with Gasteiger partial charge in [-0.3, -0.25) is 4.79 Å². The third-order valence-corrected chi connectivity index (χ3v) is 2.22. The summed E-state index contributed by atoms with van der Waals surface area (Å²) < 4.78 is 50.6. The molecular weight excluding hydrogens is 252 g/mol. The Bertz CT molecular complexity index is 420. The summed E-state index contributed by atoms with van der Waals surface area (Å²) in [7, 11) is 0. The first-order valence-electron chi connectivity index (χ1n) is 5.21. The van der Waals surface area contributed by atoms with Gasteiger partial charge in [0.2, 0.25) is 0 Å². The van der Waals surface area contributed by atoms with Gasteiger partial charge >= 0.3 is 12.1 Å². The number of amides is 1. The van der Waals surface area contributed by atoms with Gasteiger partial charge in [-0.1, -0.05) is 12.1 Å². The van der Waals surface area contributed by atoms with E-state index in [4.69, 9.17) is 5.73 Å². The number of rotatable bonds is 4. The van der Waals surface area contributed by atoms with Gasteiger partial charge in [-0.25, -0.2) is 4.39 Å². The van der Waals surface area contributed by atoms with Crippen LogP contribution in [0.15, 0.2) is 24.3 Å². The molecule has 1 aromatic rings. The number of carbonyl (C=O) groups excluding carboxylic acids is 1. The Labute approximate surface area is 101 Å². The third-order valence-electron chi connectivity index (χ3n) is 2.22. The Morgan fingerprint density at radius 1 is 1.28 bits per heavy atom. The first-order valence-corrected chi connectivity index (χ1v) is 5.21. The molecule has 7 heteroatoms. The lowest BCUT2D eigenvalue weighted by Gasteiger charge is -2.24. The highest BCUT2D eigenvalue weighted by atomic mass is 19.4. The van der Waals surface area contributed by atoms with Crippen LogP contribution >= 0.6 is 0 Å². The lowest BCUT2D eigenvalue weighted by molar-refractivity contribution is -0.170. The summed E-state index contributed by atoms with van der Waals surface area (Å²) >= 11 is 0. The average molecular weight is 264 g/mol. The molecule has 0 radical (unpaired) electrons. The van der Waals surface area contributed by atoms with E-state index in [1.165, 1.54) is 12.1 Å². The lowest BCUT2D eigenvalue weighted by atomic mass is 10.2. The Balaban J connectivity index is 3.06. The van der Waals surface area contributed by atoms with E-state index >= 15 is 0 Å². The predicted octanol–water partition coefficient (Wildman–Crippen LogP) is 2.07. The van der Waals surface area contributed by atoms with Crippen molar-refractivity contribution in [1.82, 2.24) is 0 Å². The minimum atomic E-state index is -5.04. The number of alkyl halides is 3. The summed E-state index contributed by atoms with van der Waals surface area (Å²) in [6.45, 7) is -0.175. The fourth-order valence-electron chi connectivity index (χ4n) is 1.40. The van der Waals surface area contributed by atoms with Crippen molar-refractivity contribution in [3.8, 4) is 0 Å². The molecule has 0 aliphatic carbocycles. The number of para-hydroxylation sites is 1. The zero-order valence-corrected chi connectivity index (χ0v) is 9.38. The van der Waals surface area contributed by atoms with E-state index in [2.05, 4.69) is 0 Å². The van der Waals surface area contributed by atoms with Crippen LogP contribution in [0.4, 0.5) is 23.2 Å². The molecule has 0 atom stereocenters. The van der Waals surface area contributed by atoms with Crippen molar-refractivity contribution in [2.75, 3.05) is 18.0 Å². The summed E-state index contributed by atoms with van der Waals surface area (Å²) in [5.41, 5.74) is 4.79. The van der Waals surface area contributed by atoms with Gasteiger partial charge in [-0.05, 0) is 25.1 Å². The molecule has 3 nitrogen and oxygen atoms in total. The van der Waals surface area contributed by atoms with E-state index < -0.39 is 23.6 Å². The van der Waals surface area contributed by atoms with Gasteiger partial charge in [0.1, 0.15) is 5.82 Å². The summed E-state index contributed by atoms with van der Waals surface area (Å²) in [6, 6.07) is 4.81. The highest BCUT2D eigenvalue weighted by Gasteiger charge is 2.43. The second-order valence-electron chi connectivity index (χ2n) is 3.55. The second-order valence-corrected chi connectivity index (χ2v) is 3.55. The molecule has 0 fully saturated rings. The molecule has 100 valence electrons. The normalized spacial score (nSPS) is 11.4. The maximum atomic E-state index is 13.4. The van der Waals surface area contributed by atoms with Crippen molar-refractivity contribution < 1.29 is 22.4 Å². The topological polar surface area (TPSA) is 46.3 Å². The van der Waals surface area contributed by atoms with Crippen LogP contribution in [0.1, 0.15) is 6.42 Å². The molecule has 0 aromatic heterocycles. The summed E-state index contributed by atoms with van der Waals surface area (Å²) in [5, 5.41) is 0. The molecule has 1 amide bonds. The standard InChI is InChI=1S/C11H12F4N2O/c12-8-4-1-2-5-9(8)17(7-3-6-16)10(18)11(13,14)15/h1-2,4-5H,3,6-7,16H2. The van der Waals surface area contributed by atoms with Crippen LogP contribution in [-0.4, -0.2) is 25.2 Å². The first-order chi connectivity index (χ1) is 8.38. The lowest BCUT2D eigenvalue weighted by Crippen LogP contribution is -2.42. The minimum Gasteiger partial charge on any atom is -0.330 e. The van der Waals surface area contributed by atoms with Gasteiger partial charge in [0.25, 0.3) is 0 Å². The monoisotopic (exact) mass is 264 g/mol. The average Bonchev–Trinajstić information content (AvgIpc) is 2.30. The molecule has 1 aromatic carbocycles. The van der Waals surface area contributed by atoms with Crippen LogP contribution in [0.25, 0.3) is 0 Å². The van der Waals surface area contributed by atoms with Gasteiger partial charge in [-0.2, -0.15) is 13.2 Å². The highest BCUT2D eigenvalue weighted by Crippen LogP contribution is 2.25. The number of benzene rings is 1. The smallest absolute Gasteiger partial charge is 0.330 e. The van der Waals surface area contributed by atoms with Crippen molar-refractivity contribution in [1.29, 1.82) is 0 Å². The van der Waals surface area contributed by atoms with Crippen molar-refractivity contribution in [2.45, 2.75) is 12.6 Å². The van der Waals surface area contributed by atoms with E-state index in [0.717, 1.165) is 12.1 Å². The molecule has 18 heavy (non-hydrogen) atoms. The summed E-state index contributed by atoms with van der Waals surface area (Å²) in [6.07, 6.45) is -4.90. The molecule has 0 aliphatic rings. The van der Waals surface area contributed by atoms with Crippen molar-refractivity contribution in [2.24, 2.45) is 5.73 Å². The van der Waals surface area contributed by atoms with Gasteiger partial charge < -0.3 is 10.6 Å². The van der Waals surface area contributed by atoms with E-state index in [0.29, 0.717) is 4.90 Å². The molecule has 0 unspecified atom stereocenters. The number of nitrogens with zero attached hydrogens (tertiary/aromatic N) is 1. The van der Waals surface area contributed by atoms with Crippen LogP contribution in [-0.2, 0) is 4.79 Å². The molecule has 1 rings (SSSR count). The number of halogens is 4. The molecule has 0 bridgehead atoms. The number of anilines is 1. The quantitative estimate of drug-likeness (QED) is 0.846. The number of hydrogen-bond acceptors (Lipinski definition) is 2. The van der Waals surface area contributed by atoms with E-state index in [9.17, 15) is 22.4 Å². The van der Waals surface area contributed by atoms with Crippen LogP contribution in [0.3, 0.4) is 0 Å². The number of hydrogen-bond donors (Lipinski definition) is 1. The fourth-order valence-corrected chi connectivity index (χ4v) is 1.40. The second kappa shape index (κ2) is 5.81. The molecule has 0 saturated carbocycles. The zero-order chi connectivity index (χ0) is 13.8. The summed E-state index contributed by atoms with van der Waals surface area (Å²) in [5.74, 6) is -2.98. The highest BCUT2D eigenvalue weighted by molar-refractivity contribution is 5.97. The maximum Gasteiger partial charge on any atom is 0.471 e. The van der Waals surface area contributed by atoms with Crippen molar-refractivity contribution in [3.63, 3.8) is 0 Å². The van der Waals surface area contributed by atoms with Gasteiger partial charge in [0.05, 0.1) is 5.69 Å². The number of nitrogens with two attached hydrogens (primary N) is 1. The molecule has 0 spiro atoms. The van der Waals surface area contributed by atoms with Crippen molar-refractivity contribution >= 4 is 11.6 Å². The SMILES string of the molecule is NCCCN(C(=O)C(F)(F)F)c1ccccc1F. The molecule has 0 saturated heterocycles. The minimum absolute atomic E-state index is 0.107. The summed E-state index contributed by atoms with van der Waals surface area (Å²) in [4.78, 5) is 11.6. The van der Waals surface area contributed by atoms with E-state index in [1.54, 1.807) is 0 Å². The van der Waals surface area contributed by atoms with Crippen LogP contribution in [0.2, 0.25) is 0 Å². The van der Waals surface area contributed by atoms with Crippen LogP contribution < -0.4 is 10.6 Å². The Morgan fingerprint density at radius 3 is 2.39 bits per heavy atom. The predicted molar refractivity (Wildman–Crippen MR) is 58.5 cm³/mol. The Kier molecular flexibility index (Phi) is 4.66. The molecular formula is C11H12F4N2O. The van der Waals surface area contributed by atoms with Crippen LogP contribution in [0.5, 0.6) is 0 Å². The van der Waals surface area contributed by atoms with E-state index in [-0.39, 0.29) is 19.5 Å². The number of carbonyl (C=O) groups is 1. The largest absolute Gasteiger partial charge is 0.471 e. The molecule has 0 heterocycles. The molecule has 2 N–H and O–H groups in total. The molecule has 0 aliphatic heterocycles. The Morgan fingerprint density at radius 2 is 1.89 bits per heavy atom. The van der Waals surface area contributed by atoms with Crippen molar-refractivity contribution in [3.05, 3.63) is 30.1 Å². The van der Waals surface area contributed by atoms with Crippen LogP contribution in [0, 0.1) is 5.82 Å². The Hall–Kier alpha value is -1.63. The third kappa shape index (κ3) is 3.43. The fraction of sp³-hybridized carbons (Fsp3) is 0.364.